The first kappa shape index (κ1) is 9.47. The smallest absolute Gasteiger partial charge is 0.00966 e. The van der Waals surface area contributed by atoms with Crippen LogP contribution in [-0.4, -0.2) is 18.6 Å². The molecular formula is C11H22N2. The van der Waals surface area contributed by atoms with E-state index in [1.807, 2.05) is 0 Å². The molecule has 0 aromatic heterocycles. The highest BCUT2D eigenvalue weighted by Gasteiger charge is 2.27. The standard InChI is InChI=1S/C11H22N2/c1-8-2-3-9(4-8)7-13-11-5-10(12)6-11/h8-11,13H,2-7,12H2,1H3. The van der Waals surface area contributed by atoms with Crippen molar-refractivity contribution in [1.82, 2.24) is 5.32 Å². The van der Waals surface area contributed by atoms with Gasteiger partial charge in [-0.2, -0.15) is 0 Å². The molecule has 2 unspecified atom stereocenters. The van der Waals surface area contributed by atoms with Crippen molar-refractivity contribution in [2.45, 2.75) is 51.1 Å². The predicted octanol–water partition coefficient (Wildman–Crippen LogP) is 1.50. The number of hydrogen-bond acceptors (Lipinski definition) is 2. The fraction of sp³-hybridized carbons (Fsp3) is 1.00. The highest BCUT2D eigenvalue weighted by molar-refractivity contribution is 4.88. The van der Waals surface area contributed by atoms with Gasteiger partial charge in [-0.15, -0.1) is 0 Å². The van der Waals surface area contributed by atoms with Crippen LogP contribution in [0.3, 0.4) is 0 Å². The van der Waals surface area contributed by atoms with Crippen molar-refractivity contribution < 1.29 is 0 Å². The van der Waals surface area contributed by atoms with Gasteiger partial charge >= 0.3 is 0 Å². The van der Waals surface area contributed by atoms with Crippen LogP contribution in [0.15, 0.2) is 0 Å². The van der Waals surface area contributed by atoms with E-state index in [4.69, 9.17) is 5.73 Å². The van der Waals surface area contributed by atoms with E-state index in [1.54, 1.807) is 0 Å². The van der Waals surface area contributed by atoms with E-state index < -0.39 is 0 Å². The van der Waals surface area contributed by atoms with Crippen molar-refractivity contribution in [3.8, 4) is 0 Å². The SMILES string of the molecule is CC1CCC(CNC2CC(N)C2)C1. The molecule has 2 heteroatoms. The van der Waals surface area contributed by atoms with Gasteiger partial charge in [-0.3, -0.25) is 0 Å². The zero-order chi connectivity index (χ0) is 9.26. The lowest BCUT2D eigenvalue weighted by atomic mass is 9.87. The lowest BCUT2D eigenvalue weighted by Crippen LogP contribution is -2.49. The van der Waals surface area contributed by atoms with Gasteiger partial charge in [-0.25, -0.2) is 0 Å². The molecule has 3 N–H and O–H groups in total. The van der Waals surface area contributed by atoms with E-state index in [9.17, 15) is 0 Å². The predicted molar refractivity (Wildman–Crippen MR) is 55.5 cm³/mol. The largest absolute Gasteiger partial charge is 0.328 e. The van der Waals surface area contributed by atoms with Gasteiger partial charge in [0.15, 0.2) is 0 Å². The van der Waals surface area contributed by atoms with E-state index in [2.05, 4.69) is 12.2 Å². The van der Waals surface area contributed by atoms with Crippen molar-refractivity contribution in [3.63, 3.8) is 0 Å². The third-order valence-electron chi connectivity index (χ3n) is 3.67. The number of nitrogens with one attached hydrogen (secondary N) is 1. The second kappa shape index (κ2) is 3.97. The molecule has 0 aromatic carbocycles. The zero-order valence-corrected chi connectivity index (χ0v) is 8.63. The molecule has 2 rings (SSSR count). The Morgan fingerprint density at radius 3 is 2.54 bits per heavy atom. The van der Waals surface area contributed by atoms with Crippen LogP contribution in [0.5, 0.6) is 0 Å². The molecule has 0 spiro atoms. The molecule has 0 bridgehead atoms. The fourth-order valence-corrected chi connectivity index (χ4v) is 2.67. The van der Waals surface area contributed by atoms with Gasteiger partial charge in [0.05, 0.1) is 0 Å². The number of rotatable bonds is 3. The molecule has 13 heavy (non-hydrogen) atoms. The normalized spacial score (nSPS) is 44.8. The number of hydrogen-bond donors (Lipinski definition) is 2. The van der Waals surface area contributed by atoms with Gasteiger partial charge in [-0.05, 0) is 44.1 Å². The summed E-state index contributed by atoms with van der Waals surface area (Å²) in [5.74, 6) is 1.92. The van der Waals surface area contributed by atoms with Crippen molar-refractivity contribution in [2.75, 3.05) is 6.54 Å². The average molecular weight is 182 g/mol. The lowest BCUT2D eigenvalue weighted by molar-refractivity contribution is 0.276. The van der Waals surface area contributed by atoms with Crippen molar-refractivity contribution in [2.24, 2.45) is 17.6 Å². The molecule has 2 fully saturated rings. The highest BCUT2D eigenvalue weighted by atomic mass is 15.0. The van der Waals surface area contributed by atoms with Crippen LogP contribution in [0.1, 0.15) is 39.0 Å². The van der Waals surface area contributed by atoms with Gasteiger partial charge in [0, 0.05) is 12.1 Å². The summed E-state index contributed by atoms with van der Waals surface area (Å²) in [6.45, 7) is 3.61. The molecular weight excluding hydrogens is 160 g/mol. The minimum atomic E-state index is 0.486. The Hall–Kier alpha value is -0.0800. The minimum Gasteiger partial charge on any atom is -0.328 e. The van der Waals surface area contributed by atoms with Gasteiger partial charge < -0.3 is 11.1 Å². The van der Waals surface area contributed by atoms with Gasteiger partial charge in [0.1, 0.15) is 0 Å². The summed E-state index contributed by atoms with van der Waals surface area (Å²) in [5, 5.41) is 3.63. The molecule has 0 amide bonds. The summed E-state index contributed by atoms with van der Waals surface area (Å²) in [6, 6.07) is 1.23. The summed E-state index contributed by atoms with van der Waals surface area (Å²) in [4.78, 5) is 0. The van der Waals surface area contributed by atoms with Crippen LogP contribution in [0.2, 0.25) is 0 Å². The summed E-state index contributed by atoms with van der Waals surface area (Å²) in [7, 11) is 0. The topological polar surface area (TPSA) is 38.0 Å². The molecule has 0 heterocycles. The second-order valence-electron chi connectivity index (χ2n) is 5.12. The van der Waals surface area contributed by atoms with Crippen LogP contribution in [0.25, 0.3) is 0 Å². The second-order valence-corrected chi connectivity index (χ2v) is 5.12. The highest BCUT2D eigenvalue weighted by Crippen LogP contribution is 2.30. The van der Waals surface area contributed by atoms with E-state index >= 15 is 0 Å². The van der Waals surface area contributed by atoms with Crippen molar-refractivity contribution >= 4 is 0 Å². The quantitative estimate of drug-likeness (QED) is 0.694. The maximum atomic E-state index is 5.73. The number of nitrogens with two attached hydrogens (primary N) is 1. The molecule has 2 saturated carbocycles. The van der Waals surface area contributed by atoms with Crippen LogP contribution in [0.4, 0.5) is 0 Å². The van der Waals surface area contributed by atoms with E-state index in [1.165, 1.54) is 38.6 Å². The Morgan fingerprint density at radius 2 is 2.00 bits per heavy atom. The Bertz CT molecular complexity index is 163. The van der Waals surface area contributed by atoms with Gasteiger partial charge in [0.25, 0.3) is 0 Å². The monoisotopic (exact) mass is 182 g/mol. The summed E-state index contributed by atoms with van der Waals surface area (Å²) >= 11 is 0. The summed E-state index contributed by atoms with van der Waals surface area (Å²) < 4.78 is 0. The molecule has 0 saturated heterocycles. The molecule has 2 aliphatic rings. The minimum absolute atomic E-state index is 0.486. The van der Waals surface area contributed by atoms with Gasteiger partial charge in [-0.1, -0.05) is 13.3 Å². The van der Waals surface area contributed by atoms with Crippen molar-refractivity contribution in [1.29, 1.82) is 0 Å². The third kappa shape index (κ3) is 2.44. The van der Waals surface area contributed by atoms with Crippen molar-refractivity contribution in [3.05, 3.63) is 0 Å². The first-order valence-corrected chi connectivity index (χ1v) is 5.73. The van der Waals surface area contributed by atoms with Crippen LogP contribution in [-0.2, 0) is 0 Å². The summed E-state index contributed by atoms with van der Waals surface area (Å²) in [6.07, 6.45) is 6.71. The Balaban J connectivity index is 1.58. The van der Waals surface area contributed by atoms with Crippen LogP contribution in [0, 0.1) is 11.8 Å². The molecule has 2 aliphatic carbocycles. The van der Waals surface area contributed by atoms with E-state index in [0.717, 1.165) is 17.9 Å². The Labute approximate surface area is 81.3 Å². The molecule has 2 nitrogen and oxygen atoms in total. The molecule has 0 radical (unpaired) electrons. The average Bonchev–Trinajstić information content (AvgIpc) is 2.43. The zero-order valence-electron chi connectivity index (χ0n) is 8.63. The Morgan fingerprint density at radius 1 is 1.23 bits per heavy atom. The maximum absolute atomic E-state index is 5.73. The van der Waals surface area contributed by atoms with E-state index in [-0.39, 0.29) is 0 Å². The lowest BCUT2D eigenvalue weighted by Gasteiger charge is -2.34. The molecule has 0 aliphatic heterocycles. The first-order valence-electron chi connectivity index (χ1n) is 5.73. The third-order valence-corrected chi connectivity index (χ3v) is 3.67. The maximum Gasteiger partial charge on any atom is 0.00966 e. The van der Waals surface area contributed by atoms with E-state index in [0.29, 0.717) is 6.04 Å². The molecule has 76 valence electrons. The fourth-order valence-electron chi connectivity index (χ4n) is 2.67. The first-order chi connectivity index (χ1) is 6.24. The molecule has 2 atom stereocenters. The van der Waals surface area contributed by atoms with Crippen LogP contribution >= 0.6 is 0 Å². The Kier molecular flexibility index (Phi) is 2.89. The summed E-state index contributed by atoms with van der Waals surface area (Å²) in [5.41, 5.74) is 5.73. The van der Waals surface area contributed by atoms with Crippen LogP contribution < -0.4 is 11.1 Å². The van der Waals surface area contributed by atoms with Gasteiger partial charge in [0.2, 0.25) is 0 Å². The molecule has 0 aromatic rings.